The van der Waals surface area contributed by atoms with Crippen LogP contribution < -0.4 is 10.2 Å². The Morgan fingerprint density at radius 1 is 1.18 bits per heavy atom. The average molecular weight is 383 g/mol. The van der Waals surface area contributed by atoms with Crippen molar-refractivity contribution in [2.45, 2.75) is 32.7 Å². The quantitative estimate of drug-likeness (QED) is 0.875. The molecule has 0 saturated carbocycles. The normalized spacial score (nSPS) is 20.8. The van der Waals surface area contributed by atoms with Gasteiger partial charge in [-0.15, -0.1) is 5.10 Å². The molecule has 4 rings (SSSR count). The molecule has 0 bridgehead atoms. The van der Waals surface area contributed by atoms with E-state index in [1.54, 1.807) is 0 Å². The summed E-state index contributed by atoms with van der Waals surface area (Å²) >= 11 is 0. The van der Waals surface area contributed by atoms with E-state index in [9.17, 15) is 4.79 Å². The number of aromatic nitrogens is 3. The number of benzene rings is 1. The summed E-state index contributed by atoms with van der Waals surface area (Å²) in [7, 11) is 0. The highest BCUT2D eigenvalue weighted by atomic mass is 16.2. The fourth-order valence-corrected chi connectivity index (χ4v) is 4.27. The number of para-hydroxylation sites is 1. The Kier molecular flexibility index (Phi) is 5.90. The number of amides is 1. The van der Waals surface area contributed by atoms with Gasteiger partial charge >= 0.3 is 0 Å². The first-order valence-corrected chi connectivity index (χ1v) is 10.4. The van der Waals surface area contributed by atoms with Crippen molar-refractivity contribution in [3.05, 3.63) is 41.7 Å². The van der Waals surface area contributed by atoms with Crippen molar-refractivity contribution in [2.24, 2.45) is 5.92 Å². The summed E-state index contributed by atoms with van der Waals surface area (Å²) in [6.07, 6.45) is 5.19. The van der Waals surface area contributed by atoms with E-state index in [1.165, 1.54) is 24.1 Å². The molecule has 2 aliphatic rings. The van der Waals surface area contributed by atoms with Gasteiger partial charge in [-0.3, -0.25) is 9.48 Å². The molecular formula is C21H30N6O. The zero-order valence-electron chi connectivity index (χ0n) is 16.7. The first kappa shape index (κ1) is 18.9. The fraction of sp³-hybridized carbons (Fsp3) is 0.571. The molecule has 0 spiro atoms. The molecule has 2 aliphatic heterocycles. The van der Waals surface area contributed by atoms with E-state index in [4.69, 9.17) is 0 Å². The average Bonchev–Trinajstić information content (AvgIpc) is 3.04. The van der Waals surface area contributed by atoms with E-state index < -0.39 is 0 Å². The molecule has 0 radical (unpaired) electrons. The minimum atomic E-state index is -0.000322. The van der Waals surface area contributed by atoms with Crippen LogP contribution in [0, 0.1) is 12.8 Å². The minimum absolute atomic E-state index is 0.000322. The highest BCUT2D eigenvalue weighted by Gasteiger charge is 2.23. The number of nitrogens with one attached hydrogen (secondary N) is 1. The third kappa shape index (κ3) is 4.35. The maximum absolute atomic E-state index is 12.9. The SMILES string of the molecule is Cc1ccccc1N1CCCN(C(=O)c2cn(CC3CCCNC3)nn2)CC1. The topological polar surface area (TPSA) is 66.3 Å². The van der Waals surface area contributed by atoms with Crippen molar-refractivity contribution < 1.29 is 4.79 Å². The lowest BCUT2D eigenvalue weighted by Crippen LogP contribution is -2.35. The molecule has 1 N–H and O–H groups in total. The van der Waals surface area contributed by atoms with Gasteiger partial charge in [-0.1, -0.05) is 23.4 Å². The second-order valence-corrected chi connectivity index (χ2v) is 7.96. The number of hydrogen-bond acceptors (Lipinski definition) is 5. The van der Waals surface area contributed by atoms with Gasteiger partial charge in [-0.2, -0.15) is 0 Å². The first-order chi connectivity index (χ1) is 13.7. The monoisotopic (exact) mass is 382 g/mol. The van der Waals surface area contributed by atoms with Crippen LogP contribution in [0.2, 0.25) is 0 Å². The molecule has 2 fully saturated rings. The molecule has 1 aromatic heterocycles. The van der Waals surface area contributed by atoms with Gasteiger partial charge in [-0.25, -0.2) is 0 Å². The number of rotatable bonds is 4. The molecule has 2 aromatic rings. The predicted octanol–water partition coefficient (Wildman–Crippen LogP) is 1.94. The maximum atomic E-state index is 12.9. The van der Waals surface area contributed by atoms with Crippen LogP contribution >= 0.6 is 0 Å². The molecular weight excluding hydrogens is 352 g/mol. The number of hydrogen-bond donors (Lipinski definition) is 1. The number of anilines is 1. The molecule has 1 amide bonds. The molecule has 1 aromatic carbocycles. The lowest BCUT2D eigenvalue weighted by atomic mass is 10.00. The zero-order valence-corrected chi connectivity index (χ0v) is 16.7. The van der Waals surface area contributed by atoms with Crippen molar-refractivity contribution in [3.63, 3.8) is 0 Å². The zero-order chi connectivity index (χ0) is 19.3. The van der Waals surface area contributed by atoms with Crippen LogP contribution in [0.4, 0.5) is 5.69 Å². The summed E-state index contributed by atoms with van der Waals surface area (Å²) in [4.78, 5) is 17.3. The van der Waals surface area contributed by atoms with Gasteiger partial charge in [0, 0.05) is 38.4 Å². The van der Waals surface area contributed by atoms with E-state index in [-0.39, 0.29) is 5.91 Å². The highest BCUT2D eigenvalue weighted by Crippen LogP contribution is 2.21. The third-order valence-corrected chi connectivity index (χ3v) is 5.84. The Bertz CT molecular complexity index is 798. The van der Waals surface area contributed by atoms with Gasteiger partial charge in [0.25, 0.3) is 5.91 Å². The van der Waals surface area contributed by atoms with Crippen molar-refractivity contribution in [1.82, 2.24) is 25.2 Å². The van der Waals surface area contributed by atoms with Crippen LogP contribution in [0.5, 0.6) is 0 Å². The Morgan fingerprint density at radius 3 is 2.89 bits per heavy atom. The lowest BCUT2D eigenvalue weighted by Gasteiger charge is -2.25. The summed E-state index contributed by atoms with van der Waals surface area (Å²) in [6.45, 7) is 8.38. The van der Waals surface area contributed by atoms with Gasteiger partial charge in [0.1, 0.15) is 0 Å². The van der Waals surface area contributed by atoms with E-state index in [2.05, 4.69) is 51.7 Å². The van der Waals surface area contributed by atoms with E-state index in [0.717, 1.165) is 45.7 Å². The van der Waals surface area contributed by atoms with Gasteiger partial charge < -0.3 is 15.1 Å². The van der Waals surface area contributed by atoms with Crippen LogP contribution in [0.25, 0.3) is 0 Å². The lowest BCUT2D eigenvalue weighted by molar-refractivity contribution is 0.0761. The first-order valence-electron chi connectivity index (χ1n) is 10.4. The standard InChI is InChI=1S/C21H30N6O/c1-17-6-2-3-8-20(17)25-10-5-11-26(13-12-25)21(28)19-16-27(24-23-19)15-18-7-4-9-22-14-18/h2-3,6,8,16,18,22H,4-5,7,9-15H2,1H3. The third-order valence-electron chi connectivity index (χ3n) is 5.84. The van der Waals surface area contributed by atoms with Crippen LogP contribution in [-0.2, 0) is 6.54 Å². The Hall–Kier alpha value is -2.41. The second-order valence-electron chi connectivity index (χ2n) is 7.96. The molecule has 2 saturated heterocycles. The van der Waals surface area contributed by atoms with Gasteiger partial charge in [0.15, 0.2) is 5.69 Å². The number of carbonyl (C=O) groups excluding carboxylic acids is 1. The number of nitrogens with zero attached hydrogens (tertiary/aromatic N) is 5. The van der Waals surface area contributed by atoms with Crippen LogP contribution in [0.1, 0.15) is 35.3 Å². The van der Waals surface area contributed by atoms with Gasteiger partial charge in [0.2, 0.25) is 0 Å². The summed E-state index contributed by atoms with van der Waals surface area (Å²) in [5.74, 6) is 0.568. The van der Waals surface area contributed by atoms with E-state index in [1.807, 2.05) is 15.8 Å². The van der Waals surface area contributed by atoms with E-state index in [0.29, 0.717) is 18.2 Å². The summed E-state index contributed by atoms with van der Waals surface area (Å²) < 4.78 is 1.84. The van der Waals surface area contributed by atoms with Crippen LogP contribution in [0.3, 0.4) is 0 Å². The highest BCUT2D eigenvalue weighted by molar-refractivity contribution is 5.92. The number of carbonyl (C=O) groups is 1. The Balaban J connectivity index is 1.36. The molecule has 1 atom stereocenters. The minimum Gasteiger partial charge on any atom is -0.369 e. The second kappa shape index (κ2) is 8.73. The molecule has 7 nitrogen and oxygen atoms in total. The van der Waals surface area contributed by atoms with Crippen molar-refractivity contribution in [2.75, 3.05) is 44.2 Å². The largest absolute Gasteiger partial charge is 0.369 e. The molecule has 1 unspecified atom stereocenters. The maximum Gasteiger partial charge on any atom is 0.276 e. The van der Waals surface area contributed by atoms with Crippen molar-refractivity contribution in [3.8, 4) is 0 Å². The van der Waals surface area contributed by atoms with Gasteiger partial charge in [0.05, 0.1) is 6.20 Å². The Morgan fingerprint density at radius 2 is 2.07 bits per heavy atom. The Labute approximate surface area is 166 Å². The predicted molar refractivity (Wildman–Crippen MR) is 110 cm³/mol. The van der Waals surface area contributed by atoms with E-state index >= 15 is 0 Å². The number of piperidine rings is 1. The smallest absolute Gasteiger partial charge is 0.276 e. The number of aryl methyl sites for hydroxylation is 1. The summed E-state index contributed by atoms with van der Waals surface area (Å²) in [6, 6.07) is 8.46. The van der Waals surface area contributed by atoms with Crippen molar-refractivity contribution >= 4 is 11.6 Å². The van der Waals surface area contributed by atoms with Gasteiger partial charge in [-0.05, 0) is 56.8 Å². The molecule has 3 heterocycles. The van der Waals surface area contributed by atoms with Crippen LogP contribution in [0.15, 0.2) is 30.5 Å². The summed E-state index contributed by atoms with van der Waals surface area (Å²) in [5, 5.41) is 11.8. The summed E-state index contributed by atoms with van der Waals surface area (Å²) in [5.41, 5.74) is 3.01. The van der Waals surface area contributed by atoms with Crippen LogP contribution in [-0.4, -0.2) is 65.1 Å². The fourth-order valence-electron chi connectivity index (χ4n) is 4.27. The molecule has 150 valence electrons. The van der Waals surface area contributed by atoms with Crippen molar-refractivity contribution in [1.29, 1.82) is 0 Å². The molecule has 7 heteroatoms. The molecule has 0 aliphatic carbocycles. The molecule has 28 heavy (non-hydrogen) atoms.